The van der Waals surface area contributed by atoms with Gasteiger partial charge in [-0.3, -0.25) is 4.79 Å². The third-order valence-electron chi connectivity index (χ3n) is 3.41. The van der Waals surface area contributed by atoms with E-state index in [1.54, 1.807) is 6.92 Å². The Morgan fingerprint density at radius 1 is 1.05 bits per heavy atom. The molecule has 3 rings (SSSR count). The van der Waals surface area contributed by atoms with Gasteiger partial charge in [-0.15, -0.1) is 23.5 Å². The first-order valence-electron chi connectivity index (χ1n) is 7.80. The monoisotopic (exact) mass is 368 g/mol. The van der Waals surface area contributed by atoms with Gasteiger partial charge in [0.05, 0.1) is 10.7 Å². The highest BCUT2D eigenvalue weighted by Gasteiger charge is 2.43. The summed E-state index contributed by atoms with van der Waals surface area (Å²) in [6, 6.07) is 0. The van der Waals surface area contributed by atoms with Gasteiger partial charge in [-0.1, -0.05) is 21.6 Å². The molecule has 0 amide bonds. The third-order valence-corrected chi connectivity index (χ3v) is 9.49. The molecule has 2 aliphatic heterocycles. The van der Waals surface area contributed by atoms with Crippen LogP contribution in [-0.2, 0) is 9.53 Å². The summed E-state index contributed by atoms with van der Waals surface area (Å²) in [6.45, 7) is 5.11. The molecule has 0 spiro atoms. The van der Waals surface area contributed by atoms with E-state index in [0.717, 1.165) is 5.92 Å². The van der Waals surface area contributed by atoms with Crippen LogP contribution in [0.3, 0.4) is 0 Å². The van der Waals surface area contributed by atoms with Crippen LogP contribution in [0.1, 0.15) is 46.0 Å². The molecule has 0 aromatic heterocycles. The highest BCUT2D eigenvalue weighted by molar-refractivity contribution is 8.76. The van der Waals surface area contributed by atoms with Crippen molar-refractivity contribution >= 4 is 51.6 Å². The van der Waals surface area contributed by atoms with Crippen molar-refractivity contribution in [3.8, 4) is 0 Å². The number of rotatable bonds is 3. The summed E-state index contributed by atoms with van der Waals surface area (Å²) in [5.41, 5.74) is 0. The zero-order chi connectivity index (χ0) is 15.4. The molecule has 2 saturated heterocycles. The zero-order valence-corrected chi connectivity index (χ0v) is 16.4. The molecule has 2 nitrogen and oxygen atoms in total. The van der Waals surface area contributed by atoms with Crippen LogP contribution in [0.15, 0.2) is 0 Å². The number of hydrogen-bond acceptors (Lipinski definition) is 6. The summed E-state index contributed by atoms with van der Waals surface area (Å²) in [4.78, 5) is 9.18. The molecule has 0 aromatic rings. The molecule has 0 unspecified atom stereocenters. The van der Waals surface area contributed by atoms with E-state index in [0.29, 0.717) is 17.2 Å². The predicted molar refractivity (Wildman–Crippen MR) is 103 cm³/mol. The number of carbonyl (C=O) groups excluding carboxylic acids is 1. The summed E-state index contributed by atoms with van der Waals surface area (Å²) in [5, 5.41) is 0. The van der Waals surface area contributed by atoms with E-state index in [1.165, 1.54) is 55.1 Å². The molecule has 1 saturated carbocycles. The van der Waals surface area contributed by atoms with E-state index in [-0.39, 0.29) is 0 Å². The van der Waals surface area contributed by atoms with Crippen LogP contribution < -0.4 is 0 Å². The van der Waals surface area contributed by atoms with E-state index >= 15 is 0 Å². The maximum absolute atomic E-state index is 9.18. The largest absolute Gasteiger partial charge is 0.468 e. The van der Waals surface area contributed by atoms with Gasteiger partial charge in [0.2, 0.25) is 0 Å². The molecule has 0 aromatic carbocycles. The van der Waals surface area contributed by atoms with Crippen LogP contribution in [-0.4, -0.2) is 40.2 Å². The minimum atomic E-state index is 0.431. The first-order valence-corrected chi connectivity index (χ1v) is 12.3. The van der Waals surface area contributed by atoms with Crippen molar-refractivity contribution in [3.05, 3.63) is 0 Å². The van der Waals surface area contributed by atoms with E-state index in [1.807, 2.05) is 21.6 Å². The SMILES string of the molecule is C1CCSSC1.CC1(C2CC2)SCCCS1.CCOC=O. The van der Waals surface area contributed by atoms with Gasteiger partial charge in [-0.25, -0.2) is 0 Å². The van der Waals surface area contributed by atoms with Crippen LogP contribution >= 0.6 is 45.1 Å². The highest BCUT2D eigenvalue weighted by atomic mass is 33.1. The minimum absolute atomic E-state index is 0.431. The molecule has 3 aliphatic rings. The quantitative estimate of drug-likeness (QED) is 0.494. The lowest BCUT2D eigenvalue weighted by Crippen LogP contribution is -2.23. The first kappa shape index (κ1) is 19.9. The standard InChI is InChI=1S/C8H14S2.C4H8S2.C3H6O2/c1-8(7-3-4-7)9-5-2-6-10-8;1-2-4-6-5-3-1;1-2-5-3-4/h7H,2-6H2,1H3;1-4H2;3H,2H2,1H3. The van der Waals surface area contributed by atoms with Crippen molar-refractivity contribution in [2.45, 2.75) is 50.0 Å². The van der Waals surface area contributed by atoms with Crippen molar-refractivity contribution in [1.82, 2.24) is 0 Å². The molecule has 1 aliphatic carbocycles. The van der Waals surface area contributed by atoms with Gasteiger partial charge >= 0.3 is 0 Å². The Morgan fingerprint density at radius 2 is 1.62 bits per heavy atom. The Labute approximate surface area is 146 Å². The molecule has 21 heavy (non-hydrogen) atoms. The molecular formula is C15H28O2S4. The van der Waals surface area contributed by atoms with Gasteiger partial charge in [0, 0.05) is 11.5 Å². The Bertz CT molecular complexity index is 251. The molecule has 0 bridgehead atoms. The topological polar surface area (TPSA) is 26.3 Å². The molecular weight excluding hydrogens is 340 g/mol. The first-order chi connectivity index (χ1) is 10.2. The van der Waals surface area contributed by atoms with Crippen LogP contribution in [0.2, 0.25) is 0 Å². The van der Waals surface area contributed by atoms with Crippen LogP contribution in [0.4, 0.5) is 0 Å². The fourth-order valence-corrected chi connectivity index (χ4v) is 7.64. The molecule has 2 heterocycles. The Balaban J connectivity index is 0.000000173. The van der Waals surface area contributed by atoms with Crippen molar-refractivity contribution in [1.29, 1.82) is 0 Å². The zero-order valence-electron chi connectivity index (χ0n) is 13.2. The van der Waals surface area contributed by atoms with E-state index in [4.69, 9.17) is 0 Å². The predicted octanol–water partition coefficient (Wildman–Crippen LogP) is 5.32. The fourth-order valence-electron chi connectivity index (χ4n) is 2.00. The van der Waals surface area contributed by atoms with Gasteiger partial charge in [-0.2, -0.15) is 0 Å². The molecule has 0 radical (unpaired) electrons. The van der Waals surface area contributed by atoms with Crippen molar-refractivity contribution < 1.29 is 9.53 Å². The fraction of sp³-hybridized carbons (Fsp3) is 0.933. The molecule has 0 N–H and O–H groups in total. The summed E-state index contributed by atoms with van der Waals surface area (Å²) in [5.74, 6) is 6.62. The number of ether oxygens (including phenoxy) is 1. The van der Waals surface area contributed by atoms with Gasteiger partial charge in [0.15, 0.2) is 0 Å². The van der Waals surface area contributed by atoms with E-state index in [9.17, 15) is 4.79 Å². The number of thioether (sulfide) groups is 2. The average Bonchev–Trinajstić information content (AvgIpc) is 3.37. The van der Waals surface area contributed by atoms with E-state index < -0.39 is 0 Å². The Kier molecular flexibility index (Phi) is 11.7. The third kappa shape index (κ3) is 9.57. The van der Waals surface area contributed by atoms with Crippen LogP contribution in [0.5, 0.6) is 0 Å². The Hall–Kier alpha value is 0.870. The smallest absolute Gasteiger partial charge is 0.293 e. The highest BCUT2D eigenvalue weighted by Crippen LogP contribution is 2.55. The van der Waals surface area contributed by atoms with Gasteiger partial charge in [0.25, 0.3) is 6.47 Å². The lowest BCUT2D eigenvalue weighted by atomic mass is 10.3. The minimum Gasteiger partial charge on any atom is -0.468 e. The van der Waals surface area contributed by atoms with Crippen molar-refractivity contribution in [2.75, 3.05) is 29.6 Å². The second-order valence-electron chi connectivity index (χ2n) is 5.24. The number of hydrogen-bond donors (Lipinski definition) is 0. The van der Waals surface area contributed by atoms with Crippen LogP contribution in [0, 0.1) is 5.92 Å². The molecule has 3 fully saturated rings. The number of carbonyl (C=O) groups is 1. The second-order valence-corrected chi connectivity index (χ2v) is 11.3. The van der Waals surface area contributed by atoms with Crippen molar-refractivity contribution in [3.63, 3.8) is 0 Å². The lowest BCUT2D eigenvalue weighted by Gasteiger charge is -2.32. The summed E-state index contributed by atoms with van der Waals surface area (Å²) >= 11 is 4.40. The molecule has 124 valence electrons. The maximum Gasteiger partial charge on any atom is 0.293 e. The molecule has 0 atom stereocenters. The summed E-state index contributed by atoms with van der Waals surface area (Å²) < 4.78 is 4.78. The summed E-state index contributed by atoms with van der Waals surface area (Å²) in [7, 11) is 4.02. The lowest BCUT2D eigenvalue weighted by molar-refractivity contribution is -0.128. The van der Waals surface area contributed by atoms with Crippen LogP contribution in [0.25, 0.3) is 0 Å². The molecule has 6 heteroatoms. The average molecular weight is 369 g/mol. The van der Waals surface area contributed by atoms with Gasteiger partial charge in [-0.05, 0) is 63.4 Å². The summed E-state index contributed by atoms with van der Waals surface area (Å²) in [6.07, 6.45) is 7.31. The normalized spacial score (nSPS) is 23.7. The van der Waals surface area contributed by atoms with Crippen molar-refractivity contribution in [2.24, 2.45) is 5.92 Å². The van der Waals surface area contributed by atoms with Gasteiger partial charge < -0.3 is 4.74 Å². The maximum atomic E-state index is 9.18. The Morgan fingerprint density at radius 3 is 1.90 bits per heavy atom. The van der Waals surface area contributed by atoms with E-state index in [2.05, 4.69) is 35.2 Å². The second kappa shape index (κ2) is 12.3. The van der Waals surface area contributed by atoms with Gasteiger partial charge in [0.1, 0.15) is 0 Å².